The molecule has 6 nitrogen and oxygen atoms in total. The summed E-state index contributed by atoms with van der Waals surface area (Å²) in [4.78, 5) is 8.73. The van der Waals surface area contributed by atoms with Gasteiger partial charge in [0.2, 0.25) is 0 Å². The zero-order valence-electron chi connectivity index (χ0n) is 18.7. The quantitative estimate of drug-likeness (QED) is 0.584. The maximum Gasteiger partial charge on any atom is 3.00 e. The van der Waals surface area contributed by atoms with Crippen molar-refractivity contribution in [2.75, 3.05) is 47.3 Å². The molecule has 1 saturated heterocycles. The largest absolute Gasteiger partial charge is 3.00 e. The molecule has 1 aromatic heterocycles. The Kier molecular flexibility index (Phi) is 18.5. The van der Waals surface area contributed by atoms with Crippen molar-refractivity contribution in [2.24, 2.45) is 0 Å². The van der Waals surface area contributed by atoms with Gasteiger partial charge in [-0.1, -0.05) is 0 Å². The molecule has 1 aliphatic rings. The molecule has 1 aromatic rings. The number of likely N-dealkylation sites (tertiary alicyclic amines) is 1. The monoisotopic (exact) mass is 483 g/mol. The van der Waals surface area contributed by atoms with Gasteiger partial charge in [0.25, 0.3) is 0 Å². The van der Waals surface area contributed by atoms with Gasteiger partial charge in [-0.05, 0) is 84.9 Å². The molecule has 2 rings (SSSR count). The van der Waals surface area contributed by atoms with Crippen LogP contribution in [0.3, 0.4) is 0 Å². The van der Waals surface area contributed by atoms with E-state index in [1.54, 1.807) is 13.8 Å². The number of aromatic nitrogens is 1. The van der Waals surface area contributed by atoms with Crippen LogP contribution in [0.5, 0.6) is 0 Å². The minimum atomic E-state index is -0.375. The first-order valence-corrected chi connectivity index (χ1v) is 9.85. The zero-order valence-corrected chi connectivity index (χ0v) is 20.5. The second-order valence-electron chi connectivity index (χ2n) is 7.62. The Morgan fingerprint density at radius 3 is 2.14 bits per heavy atom. The van der Waals surface area contributed by atoms with E-state index < -0.39 is 0 Å². The van der Waals surface area contributed by atoms with E-state index in [9.17, 15) is 0 Å². The standard InChI is InChI=1S/C9H20N3.C7H9N.C5H12O2.Ru/c1-10-5-7-11(2)8-9-4-6-12(9)3;1-6-3-4-8-5-7(6)2;1-4(6)3-5(2)7;/h9H,4-8H2,1-3H3;3-5H,1-2H3;4-7H,3H2,1-2H3;/q-1;;;+3. The fourth-order valence-electron chi connectivity index (χ4n) is 2.56. The van der Waals surface area contributed by atoms with Gasteiger partial charge in [-0.3, -0.25) is 4.98 Å². The summed E-state index contributed by atoms with van der Waals surface area (Å²) in [7, 11) is 6.26. The molecule has 163 valence electrons. The second-order valence-corrected chi connectivity index (χ2v) is 7.62. The maximum absolute atomic E-state index is 8.56. The van der Waals surface area contributed by atoms with Crippen LogP contribution < -0.4 is 0 Å². The predicted molar refractivity (Wildman–Crippen MR) is 114 cm³/mol. The van der Waals surface area contributed by atoms with Gasteiger partial charge in [-0.15, -0.1) is 6.54 Å². The van der Waals surface area contributed by atoms with Gasteiger partial charge in [0.05, 0.1) is 12.2 Å². The van der Waals surface area contributed by atoms with Crippen LogP contribution in [-0.2, 0) is 19.5 Å². The molecule has 1 radical (unpaired) electrons. The third-order valence-electron chi connectivity index (χ3n) is 4.65. The van der Waals surface area contributed by atoms with Crippen LogP contribution in [0.25, 0.3) is 5.32 Å². The second kappa shape index (κ2) is 17.4. The zero-order chi connectivity index (χ0) is 20.8. The number of rotatable bonds is 7. The molecular formula is C21H41N4O2Ru+2. The summed E-state index contributed by atoms with van der Waals surface area (Å²) in [6.07, 6.45) is 4.77. The normalized spacial score (nSPS) is 17.9. The fourth-order valence-corrected chi connectivity index (χ4v) is 2.56. The molecule has 0 bridgehead atoms. The first kappa shape index (κ1) is 29.8. The summed E-state index contributed by atoms with van der Waals surface area (Å²) in [5, 5.41) is 21.2. The third kappa shape index (κ3) is 15.5. The molecule has 7 heteroatoms. The fraction of sp³-hybridized carbons (Fsp3) is 0.762. The summed E-state index contributed by atoms with van der Waals surface area (Å²) in [6.45, 7) is 12.0. The molecule has 0 aliphatic carbocycles. The topological polar surface area (TPSA) is 73.9 Å². The number of aliphatic hydroxyl groups excluding tert-OH is 2. The summed E-state index contributed by atoms with van der Waals surface area (Å²) >= 11 is 0. The molecule has 0 aromatic carbocycles. The van der Waals surface area contributed by atoms with E-state index in [1.165, 1.54) is 30.6 Å². The van der Waals surface area contributed by atoms with Crippen molar-refractivity contribution in [2.45, 2.75) is 58.8 Å². The van der Waals surface area contributed by atoms with Gasteiger partial charge in [0, 0.05) is 25.0 Å². The average molecular weight is 483 g/mol. The van der Waals surface area contributed by atoms with Crippen LogP contribution in [-0.4, -0.2) is 90.6 Å². The van der Waals surface area contributed by atoms with Gasteiger partial charge in [-0.2, -0.15) is 7.05 Å². The van der Waals surface area contributed by atoms with Crippen molar-refractivity contribution < 1.29 is 29.7 Å². The number of likely N-dealkylation sites (N-methyl/N-ethyl adjacent to an activating group) is 3. The van der Waals surface area contributed by atoms with Crippen molar-refractivity contribution >= 4 is 0 Å². The summed E-state index contributed by atoms with van der Waals surface area (Å²) in [5.41, 5.74) is 2.56. The van der Waals surface area contributed by atoms with Gasteiger partial charge in [-0.25, -0.2) is 0 Å². The number of hydrogen-bond acceptors (Lipinski definition) is 5. The molecule has 1 fully saturated rings. The number of aryl methyl sites for hydroxylation is 2. The number of nitrogens with zero attached hydrogens (tertiary/aromatic N) is 4. The summed E-state index contributed by atoms with van der Waals surface area (Å²) < 4.78 is 0. The Morgan fingerprint density at radius 1 is 1.25 bits per heavy atom. The van der Waals surface area contributed by atoms with E-state index in [-0.39, 0.29) is 31.7 Å². The SMILES string of the molecule is CC(O)CC(C)O.C[N-]CCN(C)CC1CCN1C.Cc1ccncc1C.[Ru+3]. The Morgan fingerprint density at radius 2 is 1.86 bits per heavy atom. The van der Waals surface area contributed by atoms with Crippen molar-refractivity contribution in [1.82, 2.24) is 14.8 Å². The average Bonchev–Trinajstić information content (AvgIpc) is 2.59. The molecule has 0 spiro atoms. The van der Waals surface area contributed by atoms with Gasteiger partial charge in [0.15, 0.2) is 0 Å². The van der Waals surface area contributed by atoms with Crippen LogP contribution >= 0.6 is 0 Å². The van der Waals surface area contributed by atoms with Crippen LogP contribution in [0.15, 0.2) is 18.5 Å². The number of aliphatic hydroxyl groups is 2. The number of hydrogen-bond donors (Lipinski definition) is 2. The van der Waals surface area contributed by atoms with E-state index in [0.29, 0.717) is 6.42 Å². The molecule has 0 saturated carbocycles. The molecule has 2 N–H and O–H groups in total. The molecule has 2 heterocycles. The van der Waals surface area contributed by atoms with E-state index in [2.05, 4.69) is 48.0 Å². The summed E-state index contributed by atoms with van der Waals surface area (Å²) in [5.74, 6) is 0. The van der Waals surface area contributed by atoms with Gasteiger partial charge in [0.1, 0.15) is 0 Å². The minimum Gasteiger partial charge on any atom is -0.664 e. The van der Waals surface area contributed by atoms with Crippen molar-refractivity contribution in [1.29, 1.82) is 0 Å². The maximum atomic E-state index is 8.56. The third-order valence-corrected chi connectivity index (χ3v) is 4.65. The Bertz CT molecular complexity index is 462. The van der Waals surface area contributed by atoms with E-state index in [1.807, 2.05) is 25.5 Å². The molecule has 1 aliphatic heterocycles. The van der Waals surface area contributed by atoms with Crippen molar-refractivity contribution in [3.8, 4) is 0 Å². The van der Waals surface area contributed by atoms with E-state index >= 15 is 0 Å². The molecular weight excluding hydrogens is 441 g/mol. The predicted octanol–water partition coefficient (Wildman–Crippen LogP) is 2.46. The van der Waals surface area contributed by atoms with Crippen LogP contribution in [0.2, 0.25) is 0 Å². The van der Waals surface area contributed by atoms with Crippen LogP contribution in [0.4, 0.5) is 0 Å². The van der Waals surface area contributed by atoms with E-state index in [0.717, 1.165) is 19.1 Å². The smallest absolute Gasteiger partial charge is 0.664 e. The van der Waals surface area contributed by atoms with Gasteiger partial charge >= 0.3 is 19.5 Å². The molecule has 0 amide bonds. The first-order chi connectivity index (χ1) is 12.7. The minimum absolute atomic E-state index is 0. The Hall–Kier alpha value is -0.427. The first-order valence-electron chi connectivity index (χ1n) is 9.85. The molecule has 28 heavy (non-hydrogen) atoms. The van der Waals surface area contributed by atoms with Crippen LogP contribution in [0, 0.1) is 13.8 Å². The van der Waals surface area contributed by atoms with Crippen LogP contribution in [0.1, 0.15) is 37.8 Å². The molecule has 3 atom stereocenters. The van der Waals surface area contributed by atoms with Gasteiger partial charge < -0.3 is 25.3 Å². The Labute approximate surface area is 185 Å². The Balaban J connectivity index is 0. The summed E-state index contributed by atoms with van der Waals surface area (Å²) in [6, 6.07) is 2.81. The van der Waals surface area contributed by atoms with Crippen molar-refractivity contribution in [3.05, 3.63) is 34.9 Å². The number of pyridine rings is 1. The van der Waals surface area contributed by atoms with Crippen molar-refractivity contribution in [3.63, 3.8) is 0 Å². The van der Waals surface area contributed by atoms with E-state index in [4.69, 9.17) is 10.2 Å². The molecule has 3 unspecified atom stereocenters.